The van der Waals surface area contributed by atoms with Crippen molar-refractivity contribution in [1.82, 2.24) is 9.88 Å². The molecule has 2 heterocycles. The first-order valence-electron chi connectivity index (χ1n) is 5.26. The highest BCUT2D eigenvalue weighted by atomic mass is 19.1. The topological polar surface area (TPSA) is 42.4 Å². The minimum Gasteiger partial charge on any atom is -0.380 e. The molecule has 1 aromatic rings. The molecule has 0 unspecified atom stereocenters. The van der Waals surface area contributed by atoms with Crippen LogP contribution in [-0.4, -0.2) is 42.1 Å². The zero-order valence-electron chi connectivity index (χ0n) is 8.86. The molecule has 1 saturated heterocycles. The summed E-state index contributed by atoms with van der Waals surface area (Å²) in [6.07, 6.45) is 2.12. The van der Waals surface area contributed by atoms with Crippen LogP contribution in [0.3, 0.4) is 0 Å². The molecule has 0 aliphatic carbocycles. The van der Waals surface area contributed by atoms with Crippen LogP contribution >= 0.6 is 0 Å². The van der Waals surface area contributed by atoms with Gasteiger partial charge in [0, 0.05) is 25.9 Å². The number of amides is 1. The lowest BCUT2D eigenvalue weighted by Gasteiger charge is -2.19. The summed E-state index contributed by atoms with van der Waals surface area (Å²) >= 11 is 0. The van der Waals surface area contributed by atoms with E-state index in [1.165, 1.54) is 12.3 Å². The maximum absolute atomic E-state index is 13.3. The third-order valence-corrected chi connectivity index (χ3v) is 2.50. The van der Waals surface area contributed by atoms with Crippen LogP contribution in [0.4, 0.5) is 4.39 Å². The van der Waals surface area contributed by atoms with E-state index in [1.54, 1.807) is 11.0 Å². The van der Waals surface area contributed by atoms with E-state index < -0.39 is 5.95 Å². The number of hydrogen-bond donors (Lipinski definition) is 0. The molecular weight excluding hydrogens is 211 g/mol. The summed E-state index contributed by atoms with van der Waals surface area (Å²) in [5.74, 6) is -1.02. The molecule has 1 aliphatic rings. The Hall–Kier alpha value is -1.49. The quantitative estimate of drug-likeness (QED) is 0.670. The number of pyridine rings is 1. The summed E-state index contributed by atoms with van der Waals surface area (Å²) in [5, 5.41) is 0. The molecule has 0 bridgehead atoms. The van der Waals surface area contributed by atoms with E-state index in [9.17, 15) is 9.18 Å². The highest BCUT2D eigenvalue weighted by Crippen LogP contribution is 2.09. The molecule has 0 aromatic carbocycles. The number of aromatic nitrogens is 1. The van der Waals surface area contributed by atoms with Crippen LogP contribution in [0, 0.1) is 5.95 Å². The predicted molar refractivity (Wildman–Crippen MR) is 55.5 cm³/mol. The molecule has 1 aromatic heterocycles. The largest absolute Gasteiger partial charge is 0.380 e. The molecular formula is C11H13FN2O2. The van der Waals surface area contributed by atoms with Crippen molar-refractivity contribution in [2.45, 2.75) is 6.42 Å². The van der Waals surface area contributed by atoms with E-state index in [-0.39, 0.29) is 11.5 Å². The van der Waals surface area contributed by atoms with Crippen molar-refractivity contribution in [3.63, 3.8) is 0 Å². The molecule has 0 N–H and O–H groups in total. The van der Waals surface area contributed by atoms with Crippen LogP contribution in [0.2, 0.25) is 0 Å². The Morgan fingerprint density at radius 3 is 3.12 bits per heavy atom. The van der Waals surface area contributed by atoms with Gasteiger partial charge in [0.1, 0.15) is 0 Å². The fraction of sp³-hybridized carbons (Fsp3) is 0.455. The lowest BCUT2D eigenvalue weighted by atomic mass is 10.2. The van der Waals surface area contributed by atoms with Gasteiger partial charge in [0.15, 0.2) is 0 Å². The Morgan fingerprint density at radius 2 is 2.31 bits per heavy atom. The number of hydrogen-bond acceptors (Lipinski definition) is 3. The summed E-state index contributed by atoms with van der Waals surface area (Å²) in [5.41, 5.74) is 0.0319. The highest BCUT2D eigenvalue weighted by molar-refractivity contribution is 5.94. The molecule has 1 aliphatic heterocycles. The van der Waals surface area contributed by atoms with Crippen LogP contribution in [0.5, 0.6) is 0 Å². The Kier molecular flexibility index (Phi) is 3.46. The van der Waals surface area contributed by atoms with Crippen molar-refractivity contribution in [3.8, 4) is 0 Å². The van der Waals surface area contributed by atoms with Crippen LogP contribution in [0.1, 0.15) is 16.8 Å². The Bertz CT molecular complexity index is 376. The number of nitrogens with zero attached hydrogens (tertiary/aromatic N) is 2. The smallest absolute Gasteiger partial charge is 0.258 e. The van der Waals surface area contributed by atoms with Gasteiger partial charge in [-0.25, -0.2) is 4.98 Å². The minimum atomic E-state index is -0.710. The predicted octanol–water partition coefficient (Wildman–Crippen LogP) is 1.08. The molecule has 1 amide bonds. The number of carbonyl (C=O) groups is 1. The Labute approximate surface area is 93.0 Å². The zero-order valence-corrected chi connectivity index (χ0v) is 8.86. The second-order valence-electron chi connectivity index (χ2n) is 3.60. The summed E-state index contributed by atoms with van der Waals surface area (Å²) in [4.78, 5) is 17.0. The number of halogens is 1. The summed E-state index contributed by atoms with van der Waals surface area (Å²) < 4.78 is 18.5. The van der Waals surface area contributed by atoms with E-state index in [0.29, 0.717) is 26.3 Å². The molecule has 4 nitrogen and oxygen atoms in total. The molecule has 2 rings (SSSR count). The van der Waals surface area contributed by atoms with Gasteiger partial charge in [-0.15, -0.1) is 0 Å². The molecule has 0 spiro atoms. The summed E-state index contributed by atoms with van der Waals surface area (Å²) in [7, 11) is 0. The molecule has 0 radical (unpaired) electrons. The van der Waals surface area contributed by atoms with Crippen molar-refractivity contribution in [2.24, 2.45) is 0 Å². The number of ether oxygens (including phenoxy) is 1. The molecule has 86 valence electrons. The zero-order chi connectivity index (χ0) is 11.4. The van der Waals surface area contributed by atoms with E-state index in [1.807, 2.05) is 0 Å². The van der Waals surface area contributed by atoms with Crippen LogP contribution in [0.15, 0.2) is 18.3 Å². The molecule has 5 heteroatoms. The monoisotopic (exact) mass is 224 g/mol. The fourth-order valence-corrected chi connectivity index (χ4v) is 1.67. The van der Waals surface area contributed by atoms with Gasteiger partial charge in [-0.3, -0.25) is 4.79 Å². The number of carbonyl (C=O) groups excluding carboxylic acids is 1. The first kappa shape index (κ1) is 11.0. The van der Waals surface area contributed by atoms with E-state index >= 15 is 0 Å². The Morgan fingerprint density at radius 1 is 1.44 bits per heavy atom. The molecule has 16 heavy (non-hydrogen) atoms. The second kappa shape index (κ2) is 5.03. The standard InChI is InChI=1S/C11H13FN2O2/c12-10-9(3-1-4-13-10)11(15)14-5-2-7-16-8-6-14/h1,3-4H,2,5-8H2. The van der Waals surface area contributed by atoms with Crippen molar-refractivity contribution in [3.05, 3.63) is 29.8 Å². The van der Waals surface area contributed by atoms with Crippen LogP contribution in [0.25, 0.3) is 0 Å². The van der Waals surface area contributed by atoms with E-state index in [0.717, 1.165) is 6.42 Å². The van der Waals surface area contributed by atoms with Crippen molar-refractivity contribution < 1.29 is 13.9 Å². The van der Waals surface area contributed by atoms with Crippen molar-refractivity contribution in [1.29, 1.82) is 0 Å². The molecule has 1 fully saturated rings. The Balaban J connectivity index is 2.14. The lowest BCUT2D eigenvalue weighted by Crippen LogP contribution is -2.33. The van der Waals surface area contributed by atoms with Gasteiger partial charge >= 0.3 is 0 Å². The van der Waals surface area contributed by atoms with Gasteiger partial charge < -0.3 is 9.64 Å². The summed E-state index contributed by atoms with van der Waals surface area (Å²) in [6, 6.07) is 3.01. The first-order valence-corrected chi connectivity index (χ1v) is 5.26. The normalized spacial score (nSPS) is 16.9. The molecule has 0 atom stereocenters. The van der Waals surface area contributed by atoms with Gasteiger partial charge in [0.2, 0.25) is 5.95 Å². The van der Waals surface area contributed by atoms with Gasteiger partial charge in [0.05, 0.1) is 12.2 Å². The average Bonchev–Trinajstić information content (AvgIpc) is 2.57. The minimum absolute atomic E-state index is 0.0319. The number of rotatable bonds is 1. The third kappa shape index (κ3) is 2.36. The van der Waals surface area contributed by atoms with E-state index in [4.69, 9.17) is 4.74 Å². The maximum Gasteiger partial charge on any atom is 0.258 e. The first-order chi connectivity index (χ1) is 7.79. The van der Waals surface area contributed by atoms with Gasteiger partial charge in [-0.2, -0.15) is 4.39 Å². The average molecular weight is 224 g/mol. The van der Waals surface area contributed by atoms with Gasteiger partial charge in [-0.1, -0.05) is 0 Å². The van der Waals surface area contributed by atoms with E-state index in [2.05, 4.69) is 4.98 Å². The second-order valence-corrected chi connectivity index (χ2v) is 3.60. The highest BCUT2D eigenvalue weighted by Gasteiger charge is 2.20. The summed E-state index contributed by atoms with van der Waals surface area (Å²) in [6.45, 7) is 2.27. The molecule has 0 saturated carbocycles. The SMILES string of the molecule is O=C(c1cccnc1F)N1CCCOCC1. The lowest BCUT2D eigenvalue weighted by molar-refractivity contribution is 0.0735. The van der Waals surface area contributed by atoms with Gasteiger partial charge in [0.25, 0.3) is 5.91 Å². The maximum atomic E-state index is 13.3. The van der Waals surface area contributed by atoms with Crippen LogP contribution < -0.4 is 0 Å². The fourth-order valence-electron chi connectivity index (χ4n) is 1.67. The van der Waals surface area contributed by atoms with Gasteiger partial charge in [-0.05, 0) is 18.6 Å². The van der Waals surface area contributed by atoms with Crippen molar-refractivity contribution in [2.75, 3.05) is 26.3 Å². The van der Waals surface area contributed by atoms with Crippen LogP contribution in [-0.2, 0) is 4.74 Å². The third-order valence-electron chi connectivity index (χ3n) is 2.50. The van der Waals surface area contributed by atoms with Crippen molar-refractivity contribution >= 4 is 5.91 Å².